The topological polar surface area (TPSA) is 76.0 Å². The molecule has 1 unspecified atom stereocenters. The van der Waals surface area contributed by atoms with Gasteiger partial charge in [-0.3, -0.25) is 0 Å². The van der Waals surface area contributed by atoms with Crippen LogP contribution in [0.25, 0.3) is 0 Å². The lowest BCUT2D eigenvalue weighted by atomic mass is 9.83. The summed E-state index contributed by atoms with van der Waals surface area (Å²) < 4.78 is 29.1. The molecule has 114 valence electrons. The fraction of sp³-hybridized carbons (Fsp3) is 0.769. The van der Waals surface area contributed by atoms with Crippen molar-refractivity contribution in [3.63, 3.8) is 0 Å². The first-order chi connectivity index (χ1) is 9.36. The molecule has 1 saturated heterocycles. The number of hydrogen-bond donors (Lipinski definition) is 2. The summed E-state index contributed by atoms with van der Waals surface area (Å²) >= 11 is 0. The van der Waals surface area contributed by atoms with Gasteiger partial charge in [-0.15, -0.1) is 0 Å². The van der Waals surface area contributed by atoms with Gasteiger partial charge in [-0.25, -0.2) is 18.1 Å². The fourth-order valence-electron chi connectivity index (χ4n) is 2.54. The molecule has 0 spiro atoms. The summed E-state index contributed by atoms with van der Waals surface area (Å²) in [6.07, 6.45) is 3.71. The number of rotatable bonds is 5. The smallest absolute Gasteiger partial charge is 0.259 e. The lowest BCUT2D eigenvalue weighted by Crippen LogP contribution is -2.45. The Bertz CT molecular complexity index is 559. The number of hydrogen-bond acceptors (Lipinski definition) is 4. The molecule has 0 saturated carbocycles. The Kier molecular flexibility index (Phi) is 4.51. The Labute approximate surface area is 121 Å². The van der Waals surface area contributed by atoms with Gasteiger partial charge < -0.3 is 9.88 Å². The lowest BCUT2D eigenvalue weighted by molar-refractivity contribution is 0.238. The van der Waals surface area contributed by atoms with Crippen molar-refractivity contribution in [1.29, 1.82) is 0 Å². The molecule has 6 nitrogen and oxygen atoms in total. The second kappa shape index (κ2) is 5.83. The molecule has 1 aromatic rings. The third kappa shape index (κ3) is 3.39. The number of aromatic nitrogens is 2. The van der Waals surface area contributed by atoms with Gasteiger partial charge in [0, 0.05) is 25.8 Å². The first-order valence-corrected chi connectivity index (χ1v) is 8.59. The van der Waals surface area contributed by atoms with Gasteiger partial charge in [-0.05, 0) is 38.6 Å². The van der Waals surface area contributed by atoms with Gasteiger partial charge in [0.05, 0.1) is 0 Å². The van der Waals surface area contributed by atoms with Crippen LogP contribution in [0.3, 0.4) is 0 Å². The van der Waals surface area contributed by atoms with Crippen LogP contribution in [0.5, 0.6) is 0 Å². The van der Waals surface area contributed by atoms with E-state index in [2.05, 4.69) is 21.9 Å². The van der Waals surface area contributed by atoms with Crippen LogP contribution < -0.4 is 10.0 Å². The molecular weight excluding hydrogens is 276 g/mol. The minimum absolute atomic E-state index is 0.0202. The maximum absolute atomic E-state index is 12.3. The molecule has 2 rings (SSSR count). The molecule has 7 heteroatoms. The normalized spacial score (nSPS) is 23.9. The van der Waals surface area contributed by atoms with E-state index in [0.29, 0.717) is 6.54 Å². The van der Waals surface area contributed by atoms with E-state index >= 15 is 0 Å². The van der Waals surface area contributed by atoms with Crippen molar-refractivity contribution in [2.75, 3.05) is 19.6 Å². The van der Waals surface area contributed by atoms with Crippen molar-refractivity contribution in [2.45, 2.75) is 45.2 Å². The molecule has 0 aliphatic carbocycles. The van der Waals surface area contributed by atoms with Crippen LogP contribution in [-0.2, 0) is 16.6 Å². The molecule has 2 heterocycles. The van der Waals surface area contributed by atoms with Crippen LogP contribution in [-0.4, -0.2) is 37.6 Å². The number of aryl methyl sites for hydroxylation is 2. The molecule has 0 radical (unpaired) electrons. The van der Waals surface area contributed by atoms with Gasteiger partial charge in [0.2, 0.25) is 0 Å². The van der Waals surface area contributed by atoms with Gasteiger partial charge in [0.15, 0.2) is 5.03 Å². The highest BCUT2D eigenvalue weighted by molar-refractivity contribution is 7.89. The zero-order chi connectivity index (χ0) is 14.8. The van der Waals surface area contributed by atoms with E-state index in [0.717, 1.165) is 38.3 Å². The first-order valence-electron chi connectivity index (χ1n) is 7.10. The minimum atomic E-state index is -3.52. The summed E-state index contributed by atoms with van der Waals surface area (Å²) in [7, 11) is -3.52. The molecule has 0 aromatic carbocycles. The summed E-state index contributed by atoms with van der Waals surface area (Å²) in [6.45, 7) is 8.91. The standard InChI is InChI=1S/C13H24N4O2S/c1-4-17-8-12(16-11(17)2)20(18,19)15-10-13(3)6-5-7-14-9-13/h8,14-15H,4-7,9-10H2,1-3H3. The van der Waals surface area contributed by atoms with Crippen LogP contribution in [0, 0.1) is 12.3 Å². The summed E-state index contributed by atoms with van der Waals surface area (Å²) in [4.78, 5) is 4.14. The lowest BCUT2D eigenvalue weighted by Gasteiger charge is -2.34. The van der Waals surface area contributed by atoms with E-state index in [1.807, 2.05) is 18.4 Å². The van der Waals surface area contributed by atoms with Crippen LogP contribution in [0.2, 0.25) is 0 Å². The van der Waals surface area contributed by atoms with E-state index in [9.17, 15) is 8.42 Å². The van der Waals surface area contributed by atoms with Gasteiger partial charge >= 0.3 is 0 Å². The van der Waals surface area contributed by atoms with Gasteiger partial charge in [-0.1, -0.05) is 6.92 Å². The Balaban J connectivity index is 2.06. The molecule has 0 bridgehead atoms. The number of sulfonamides is 1. The first kappa shape index (κ1) is 15.5. The summed E-state index contributed by atoms with van der Waals surface area (Å²) in [5, 5.41) is 3.43. The van der Waals surface area contributed by atoms with Crippen molar-refractivity contribution >= 4 is 10.0 Å². The molecule has 1 aliphatic heterocycles. The number of imidazole rings is 1. The molecule has 20 heavy (non-hydrogen) atoms. The van der Waals surface area contributed by atoms with Crippen molar-refractivity contribution in [3.05, 3.63) is 12.0 Å². The second-order valence-corrected chi connectivity index (χ2v) is 7.54. The molecule has 1 aliphatic rings. The number of nitrogens with one attached hydrogen (secondary N) is 2. The van der Waals surface area contributed by atoms with Gasteiger partial charge in [0.25, 0.3) is 10.0 Å². The van der Waals surface area contributed by atoms with Crippen LogP contribution >= 0.6 is 0 Å². The van der Waals surface area contributed by atoms with E-state index in [4.69, 9.17) is 0 Å². The Morgan fingerprint density at radius 3 is 2.85 bits per heavy atom. The van der Waals surface area contributed by atoms with Crippen LogP contribution in [0.4, 0.5) is 0 Å². The quantitative estimate of drug-likeness (QED) is 0.846. The third-order valence-corrected chi connectivity index (χ3v) is 5.22. The predicted octanol–water partition coefficient (Wildman–Crippen LogP) is 0.879. The van der Waals surface area contributed by atoms with Gasteiger partial charge in [0.1, 0.15) is 5.82 Å². The summed E-state index contributed by atoms with van der Waals surface area (Å²) in [5.41, 5.74) is -0.0202. The van der Waals surface area contributed by atoms with Crippen LogP contribution in [0.1, 0.15) is 32.5 Å². The Morgan fingerprint density at radius 1 is 1.55 bits per heavy atom. The van der Waals surface area contributed by atoms with E-state index < -0.39 is 10.0 Å². The average Bonchev–Trinajstić information content (AvgIpc) is 2.80. The van der Waals surface area contributed by atoms with Crippen molar-refractivity contribution < 1.29 is 8.42 Å². The highest BCUT2D eigenvalue weighted by atomic mass is 32.2. The summed E-state index contributed by atoms with van der Waals surface area (Å²) in [6, 6.07) is 0. The highest BCUT2D eigenvalue weighted by Crippen LogP contribution is 2.24. The molecule has 0 amide bonds. The maximum Gasteiger partial charge on any atom is 0.259 e. The number of nitrogens with zero attached hydrogens (tertiary/aromatic N) is 2. The predicted molar refractivity (Wildman–Crippen MR) is 78.0 cm³/mol. The number of piperidine rings is 1. The SMILES string of the molecule is CCn1cc(S(=O)(=O)NCC2(C)CCCNC2)nc1C. The van der Waals surface area contributed by atoms with Crippen molar-refractivity contribution in [3.8, 4) is 0 Å². The zero-order valence-electron chi connectivity index (χ0n) is 12.4. The highest BCUT2D eigenvalue weighted by Gasteiger charge is 2.29. The molecule has 1 aromatic heterocycles. The van der Waals surface area contributed by atoms with Crippen molar-refractivity contribution in [2.24, 2.45) is 5.41 Å². The third-order valence-electron chi connectivity index (χ3n) is 3.94. The van der Waals surface area contributed by atoms with Crippen molar-refractivity contribution in [1.82, 2.24) is 19.6 Å². The average molecular weight is 300 g/mol. The second-order valence-electron chi connectivity index (χ2n) is 5.83. The summed E-state index contributed by atoms with van der Waals surface area (Å²) in [5.74, 6) is 0.721. The Hall–Kier alpha value is -0.920. The molecule has 2 N–H and O–H groups in total. The largest absolute Gasteiger partial charge is 0.334 e. The molecule has 1 fully saturated rings. The molecular formula is C13H24N4O2S. The molecule has 1 atom stereocenters. The van der Waals surface area contributed by atoms with Crippen LogP contribution in [0.15, 0.2) is 11.2 Å². The van der Waals surface area contributed by atoms with E-state index in [-0.39, 0.29) is 10.4 Å². The van der Waals surface area contributed by atoms with E-state index in [1.54, 1.807) is 6.20 Å². The maximum atomic E-state index is 12.3. The zero-order valence-corrected chi connectivity index (χ0v) is 13.3. The fourth-order valence-corrected chi connectivity index (χ4v) is 3.75. The monoisotopic (exact) mass is 300 g/mol. The minimum Gasteiger partial charge on any atom is -0.334 e. The van der Waals surface area contributed by atoms with E-state index in [1.165, 1.54) is 0 Å². The Morgan fingerprint density at radius 2 is 2.30 bits per heavy atom. The van der Waals surface area contributed by atoms with Gasteiger partial charge in [-0.2, -0.15) is 0 Å².